The molecule has 4 aromatic rings. The van der Waals surface area contributed by atoms with Gasteiger partial charge in [0.1, 0.15) is 11.4 Å². The Hall–Kier alpha value is -3.34. The van der Waals surface area contributed by atoms with E-state index in [2.05, 4.69) is 35.4 Å². The molecule has 3 heterocycles. The van der Waals surface area contributed by atoms with Gasteiger partial charge in [0.05, 0.1) is 19.4 Å². The number of hydrogen-bond donors (Lipinski definition) is 0. The van der Waals surface area contributed by atoms with E-state index in [9.17, 15) is 0 Å². The van der Waals surface area contributed by atoms with Crippen LogP contribution in [-0.2, 0) is 6.42 Å². The smallest absolute Gasteiger partial charge is 0.231 e. The second-order valence-corrected chi connectivity index (χ2v) is 6.24. The molecule has 0 spiro atoms. The summed E-state index contributed by atoms with van der Waals surface area (Å²) in [5.41, 5.74) is 5.93. The van der Waals surface area contributed by atoms with Crippen molar-refractivity contribution in [3.63, 3.8) is 0 Å². The standard InChI is InChI=1S/C21H17N3O2/c1-25-19-10-9-18-22-20(16-8-7-14-11-12-26-17(14)13-16)21(24(18)23-19)15-5-3-2-4-6-15/h2-10,13H,11-12H2,1H3. The first-order valence-electron chi connectivity index (χ1n) is 8.59. The molecule has 128 valence electrons. The molecule has 0 radical (unpaired) electrons. The molecule has 0 aliphatic carbocycles. The van der Waals surface area contributed by atoms with Crippen molar-refractivity contribution in [2.45, 2.75) is 6.42 Å². The molecule has 0 saturated heterocycles. The third kappa shape index (κ3) is 2.32. The van der Waals surface area contributed by atoms with Crippen LogP contribution in [0.2, 0.25) is 0 Å². The second-order valence-electron chi connectivity index (χ2n) is 6.24. The first kappa shape index (κ1) is 15.0. The Morgan fingerprint density at radius 2 is 1.88 bits per heavy atom. The molecule has 0 unspecified atom stereocenters. The van der Waals surface area contributed by atoms with Crippen LogP contribution in [0.25, 0.3) is 28.2 Å². The number of fused-ring (bicyclic) bond motifs is 2. The fourth-order valence-electron chi connectivity index (χ4n) is 3.40. The van der Waals surface area contributed by atoms with Gasteiger partial charge in [-0.1, -0.05) is 42.5 Å². The van der Waals surface area contributed by atoms with Crippen LogP contribution in [0, 0.1) is 0 Å². The second kappa shape index (κ2) is 5.88. The molecule has 1 aliphatic rings. The number of ether oxygens (including phenoxy) is 2. The van der Waals surface area contributed by atoms with Crippen LogP contribution in [0.4, 0.5) is 0 Å². The van der Waals surface area contributed by atoms with Crippen LogP contribution in [-0.4, -0.2) is 28.3 Å². The number of benzene rings is 2. The maximum atomic E-state index is 5.75. The Labute approximate surface area is 150 Å². The average Bonchev–Trinajstić information content (AvgIpc) is 3.31. The van der Waals surface area contributed by atoms with Gasteiger partial charge in [0.2, 0.25) is 5.88 Å². The lowest BCUT2D eigenvalue weighted by Gasteiger charge is -2.07. The Balaban J connectivity index is 1.79. The van der Waals surface area contributed by atoms with Crippen LogP contribution >= 0.6 is 0 Å². The topological polar surface area (TPSA) is 48.7 Å². The Morgan fingerprint density at radius 3 is 2.73 bits per heavy atom. The van der Waals surface area contributed by atoms with Crippen molar-refractivity contribution in [1.29, 1.82) is 0 Å². The van der Waals surface area contributed by atoms with Crippen LogP contribution in [0.5, 0.6) is 11.6 Å². The highest BCUT2D eigenvalue weighted by Gasteiger charge is 2.20. The predicted octanol–water partition coefficient (Wildman–Crippen LogP) is 4.01. The van der Waals surface area contributed by atoms with E-state index in [1.807, 2.05) is 34.8 Å². The van der Waals surface area contributed by atoms with Gasteiger partial charge in [-0.05, 0) is 17.7 Å². The molecule has 2 aromatic carbocycles. The molecule has 5 rings (SSSR count). The zero-order valence-corrected chi connectivity index (χ0v) is 14.3. The van der Waals surface area contributed by atoms with Crippen molar-refractivity contribution in [2.24, 2.45) is 0 Å². The fraction of sp³-hybridized carbons (Fsp3) is 0.143. The summed E-state index contributed by atoms with van der Waals surface area (Å²) in [6.45, 7) is 0.744. The molecule has 0 N–H and O–H groups in total. The quantitative estimate of drug-likeness (QED) is 0.564. The molecule has 26 heavy (non-hydrogen) atoms. The number of imidazole rings is 1. The van der Waals surface area contributed by atoms with Crippen molar-refractivity contribution in [3.05, 3.63) is 66.2 Å². The van der Waals surface area contributed by atoms with Gasteiger partial charge in [0.25, 0.3) is 0 Å². The average molecular weight is 343 g/mol. The van der Waals surface area contributed by atoms with Crippen molar-refractivity contribution in [2.75, 3.05) is 13.7 Å². The first-order valence-corrected chi connectivity index (χ1v) is 8.59. The largest absolute Gasteiger partial charge is 0.493 e. The summed E-state index contributed by atoms with van der Waals surface area (Å²) >= 11 is 0. The zero-order valence-electron chi connectivity index (χ0n) is 14.3. The van der Waals surface area contributed by atoms with E-state index in [0.717, 1.165) is 46.9 Å². The van der Waals surface area contributed by atoms with E-state index >= 15 is 0 Å². The van der Waals surface area contributed by atoms with Gasteiger partial charge in [-0.25, -0.2) is 9.50 Å². The van der Waals surface area contributed by atoms with Crippen LogP contribution in [0.1, 0.15) is 5.56 Å². The summed E-state index contributed by atoms with van der Waals surface area (Å²) in [7, 11) is 1.62. The van der Waals surface area contributed by atoms with Crippen molar-refractivity contribution in [3.8, 4) is 34.1 Å². The number of aromatic nitrogens is 3. The van der Waals surface area contributed by atoms with Gasteiger partial charge in [-0.2, -0.15) is 0 Å². The Morgan fingerprint density at radius 1 is 1.00 bits per heavy atom. The molecule has 0 saturated carbocycles. The van der Waals surface area contributed by atoms with E-state index in [4.69, 9.17) is 14.5 Å². The zero-order chi connectivity index (χ0) is 17.5. The number of hydrogen-bond acceptors (Lipinski definition) is 4. The van der Waals surface area contributed by atoms with E-state index in [-0.39, 0.29) is 0 Å². The number of methoxy groups -OCH3 is 1. The molecule has 0 atom stereocenters. The normalized spacial score (nSPS) is 12.8. The van der Waals surface area contributed by atoms with E-state index in [1.54, 1.807) is 7.11 Å². The maximum absolute atomic E-state index is 5.75. The molecule has 0 amide bonds. The van der Waals surface area contributed by atoms with Gasteiger partial charge in [-0.15, -0.1) is 5.10 Å². The van der Waals surface area contributed by atoms with Crippen LogP contribution < -0.4 is 9.47 Å². The minimum atomic E-state index is 0.552. The molecule has 2 aromatic heterocycles. The van der Waals surface area contributed by atoms with Gasteiger partial charge in [-0.3, -0.25) is 0 Å². The lowest BCUT2D eigenvalue weighted by atomic mass is 10.0. The molecule has 5 nitrogen and oxygen atoms in total. The van der Waals surface area contributed by atoms with E-state index in [1.165, 1.54) is 5.56 Å². The van der Waals surface area contributed by atoms with Gasteiger partial charge >= 0.3 is 0 Å². The van der Waals surface area contributed by atoms with E-state index in [0.29, 0.717) is 5.88 Å². The summed E-state index contributed by atoms with van der Waals surface area (Å²) in [4.78, 5) is 4.85. The molecular formula is C21H17N3O2. The summed E-state index contributed by atoms with van der Waals surface area (Å²) in [6.07, 6.45) is 0.963. The fourth-order valence-corrected chi connectivity index (χ4v) is 3.40. The van der Waals surface area contributed by atoms with Gasteiger partial charge in [0, 0.05) is 23.6 Å². The Bertz CT molecular complexity index is 1100. The highest BCUT2D eigenvalue weighted by atomic mass is 16.5. The lowest BCUT2D eigenvalue weighted by Crippen LogP contribution is -1.97. The third-order valence-corrected chi connectivity index (χ3v) is 4.68. The Kier molecular flexibility index (Phi) is 3.38. The summed E-state index contributed by atoms with van der Waals surface area (Å²) < 4.78 is 12.9. The predicted molar refractivity (Wildman–Crippen MR) is 99.6 cm³/mol. The maximum Gasteiger partial charge on any atom is 0.231 e. The van der Waals surface area contributed by atoms with Crippen LogP contribution in [0.3, 0.4) is 0 Å². The SMILES string of the molecule is COc1ccc2nc(-c3ccc4c(c3)OCC4)c(-c3ccccc3)n2n1. The molecule has 0 fully saturated rings. The molecule has 0 bridgehead atoms. The summed E-state index contributed by atoms with van der Waals surface area (Å²) in [5, 5.41) is 4.59. The molecule has 1 aliphatic heterocycles. The minimum Gasteiger partial charge on any atom is -0.493 e. The summed E-state index contributed by atoms with van der Waals surface area (Å²) in [6, 6.07) is 20.2. The summed E-state index contributed by atoms with van der Waals surface area (Å²) in [5.74, 6) is 1.50. The molecular weight excluding hydrogens is 326 g/mol. The monoisotopic (exact) mass is 343 g/mol. The number of rotatable bonds is 3. The van der Waals surface area contributed by atoms with Crippen molar-refractivity contribution >= 4 is 5.65 Å². The minimum absolute atomic E-state index is 0.552. The van der Waals surface area contributed by atoms with Crippen molar-refractivity contribution < 1.29 is 9.47 Å². The van der Waals surface area contributed by atoms with Gasteiger partial charge in [0.15, 0.2) is 5.65 Å². The highest BCUT2D eigenvalue weighted by Crippen LogP contribution is 2.36. The number of nitrogens with zero attached hydrogens (tertiary/aromatic N) is 3. The first-order chi connectivity index (χ1) is 12.8. The lowest BCUT2D eigenvalue weighted by molar-refractivity contribution is 0.357. The van der Waals surface area contributed by atoms with Crippen molar-refractivity contribution in [1.82, 2.24) is 14.6 Å². The highest BCUT2D eigenvalue weighted by molar-refractivity contribution is 5.82. The third-order valence-electron chi connectivity index (χ3n) is 4.68. The molecule has 5 heteroatoms. The van der Waals surface area contributed by atoms with Gasteiger partial charge < -0.3 is 9.47 Å². The van der Waals surface area contributed by atoms with E-state index < -0.39 is 0 Å². The van der Waals surface area contributed by atoms with Crippen LogP contribution in [0.15, 0.2) is 60.7 Å².